The van der Waals surface area contributed by atoms with Gasteiger partial charge in [-0.1, -0.05) is 18.2 Å². The highest BCUT2D eigenvalue weighted by Crippen LogP contribution is 2.09. The third-order valence-electron chi connectivity index (χ3n) is 0.975. The standard InChI is InChI=1S/C6H7O2/c7-5-3-1-2-4-6(5)8/h1-5,7-8H. The number of aliphatic hydroxyl groups excluding tert-OH is 2. The van der Waals surface area contributed by atoms with Gasteiger partial charge in [0.25, 0.3) is 0 Å². The second-order valence-corrected chi connectivity index (χ2v) is 1.61. The van der Waals surface area contributed by atoms with Gasteiger partial charge in [0.2, 0.25) is 0 Å². The minimum Gasteiger partial charge on any atom is -0.386 e. The molecule has 0 aliphatic heterocycles. The normalized spacial score (nSPS) is 29.0. The fraction of sp³-hybridized carbons (Fsp3) is 0.167. The first-order chi connectivity index (χ1) is 3.80. The summed E-state index contributed by atoms with van der Waals surface area (Å²) in [6.45, 7) is 0. The topological polar surface area (TPSA) is 40.5 Å². The lowest BCUT2D eigenvalue weighted by Crippen LogP contribution is -2.14. The highest BCUT2D eigenvalue weighted by molar-refractivity contribution is 5.23. The van der Waals surface area contributed by atoms with E-state index in [0.717, 1.165) is 0 Å². The van der Waals surface area contributed by atoms with Crippen LogP contribution in [0.3, 0.4) is 0 Å². The van der Waals surface area contributed by atoms with Gasteiger partial charge in [-0.2, -0.15) is 0 Å². The number of aliphatic hydroxyl groups is 2. The lowest BCUT2D eigenvalue weighted by Gasteiger charge is -2.10. The molecule has 0 aromatic rings. The first kappa shape index (κ1) is 5.54. The molecule has 0 heterocycles. The molecule has 0 spiro atoms. The Morgan fingerprint density at radius 1 is 1.38 bits per heavy atom. The van der Waals surface area contributed by atoms with E-state index in [1.807, 2.05) is 0 Å². The maximum Gasteiger partial charge on any atom is 0.147 e. The van der Waals surface area contributed by atoms with Crippen LogP contribution >= 0.6 is 0 Å². The van der Waals surface area contributed by atoms with Crippen LogP contribution in [-0.4, -0.2) is 16.3 Å². The molecule has 43 valence electrons. The van der Waals surface area contributed by atoms with Crippen molar-refractivity contribution in [1.82, 2.24) is 0 Å². The maximum absolute atomic E-state index is 8.75. The van der Waals surface area contributed by atoms with E-state index >= 15 is 0 Å². The Morgan fingerprint density at radius 3 is 2.50 bits per heavy atom. The Bertz CT molecular complexity index is 110. The molecule has 0 saturated heterocycles. The van der Waals surface area contributed by atoms with E-state index in [4.69, 9.17) is 10.2 Å². The summed E-state index contributed by atoms with van der Waals surface area (Å²) in [4.78, 5) is 0. The highest BCUT2D eigenvalue weighted by atomic mass is 16.3. The molecule has 1 unspecified atom stereocenters. The molecule has 2 heteroatoms. The molecule has 0 fully saturated rings. The minimum atomic E-state index is -0.792. The lowest BCUT2D eigenvalue weighted by molar-refractivity contribution is 0.151. The van der Waals surface area contributed by atoms with Crippen LogP contribution < -0.4 is 0 Å². The summed E-state index contributed by atoms with van der Waals surface area (Å²) in [6, 6.07) is 0. The Morgan fingerprint density at radius 2 is 2.12 bits per heavy atom. The molecule has 0 aromatic carbocycles. The van der Waals surface area contributed by atoms with Crippen molar-refractivity contribution in [3.63, 3.8) is 0 Å². The van der Waals surface area contributed by atoms with Crippen LogP contribution in [0.5, 0.6) is 0 Å². The van der Waals surface area contributed by atoms with Gasteiger partial charge in [-0.05, 0) is 6.08 Å². The molecule has 1 aliphatic carbocycles. The Hall–Kier alpha value is -0.600. The summed E-state index contributed by atoms with van der Waals surface area (Å²) in [7, 11) is 0. The summed E-state index contributed by atoms with van der Waals surface area (Å²) in [5, 5.41) is 17.5. The average molecular weight is 111 g/mol. The van der Waals surface area contributed by atoms with E-state index in [1.54, 1.807) is 12.2 Å². The third-order valence-corrected chi connectivity index (χ3v) is 0.975. The lowest BCUT2D eigenvalue weighted by atomic mass is 10.1. The van der Waals surface area contributed by atoms with Gasteiger partial charge in [-0.15, -0.1) is 0 Å². The number of hydrogen-bond donors (Lipinski definition) is 2. The number of hydrogen-bond acceptors (Lipinski definition) is 2. The van der Waals surface area contributed by atoms with Gasteiger partial charge in [0.05, 0.1) is 0 Å². The predicted molar refractivity (Wildman–Crippen MR) is 29.5 cm³/mol. The summed E-state index contributed by atoms with van der Waals surface area (Å²) in [6.07, 6.45) is 5.54. The molecule has 8 heavy (non-hydrogen) atoms. The SMILES string of the molecule is O[C]1C=CC=CC1O. The molecule has 0 saturated carbocycles. The van der Waals surface area contributed by atoms with E-state index in [1.165, 1.54) is 12.2 Å². The van der Waals surface area contributed by atoms with Gasteiger partial charge >= 0.3 is 0 Å². The van der Waals surface area contributed by atoms with E-state index < -0.39 is 6.10 Å². The molecular formula is C6H7O2. The zero-order chi connectivity index (χ0) is 5.98. The second kappa shape index (κ2) is 2.11. The first-order valence-corrected chi connectivity index (χ1v) is 2.39. The maximum atomic E-state index is 8.75. The fourth-order valence-corrected chi connectivity index (χ4v) is 0.521. The summed E-state index contributed by atoms with van der Waals surface area (Å²) in [5.74, 6) is 0. The van der Waals surface area contributed by atoms with Crippen molar-refractivity contribution in [2.75, 3.05) is 0 Å². The van der Waals surface area contributed by atoms with Gasteiger partial charge in [-0.25, -0.2) is 0 Å². The molecule has 1 atom stereocenters. The molecule has 2 N–H and O–H groups in total. The third kappa shape index (κ3) is 0.967. The fourth-order valence-electron chi connectivity index (χ4n) is 0.521. The van der Waals surface area contributed by atoms with Crippen LogP contribution in [0.2, 0.25) is 0 Å². The van der Waals surface area contributed by atoms with Crippen LogP contribution in [0.1, 0.15) is 0 Å². The van der Waals surface area contributed by atoms with E-state index in [-0.39, 0.29) is 6.10 Å². The second-order valence-electron chi connectivity index (χ2n) is 1.61. The van der Waals surface area contributed by atoms with Crippen LogP contribution in [0.25, 0.3) is 0 Å². The molecule has 1 radical (unpaired) electrons. The molecule has 0 aromatic heterocycles. The van der Waals surface area contributed by atoms with Gasteiger partial charge in [-0.3, -0.25) is 0 Å². The summed E-state index contributed by atoms with van der Waals surface area (Å²) in [5.41, 5.74) is 0. The van der Waals surface area contributed by atoms with Crippen molar-refractivity contribution in [2.24, 2.45) is 0 Å². The van der Waals surface area contributed by atoms with Gasteiger partial charge < -0.3 is 10.2 Å². The molecule has 0 bridgehead atoms. The average Bonchev–Trinajstić information content (AvgIpc) is 1.77. The van der Waals surface area contributed by atoms with E-state index in [2.05, 4.69) is 0 Å². The van der Waals surface area contributed by atoms with E-state index in [9.17, 15) is 0 Å². The molecule has 1 rings (SSSR count). The van der Waals surface area contributed by atoms with Crippen molar-refractivity contribution >= 4 is 0 Å². The Labute approximate surface area is 47.8 Å². The van der Waals surface area contributed by atoms with Crippen LogP contribution in [0, 0.1) is 6.10 Å². The van der Waals surface area contributed by atoms with Crippen molar-refractivity contribution in [3.05, 3.63) is 30.4 Å². The van der Waals surface area contributed by atoms with Crippen LogP contribution in [0.15, 0.2) is 24.3 Å². The van der Waals surface area contributed by atoms with Crippen molar-refractivity contribution in [2.45, 2.75) is 6.10 Å². The molecule has 0 amide bonds. The minimum absolute atomic E-state index is 0.00694. The van der Waals surface area contributed by atoms with Gasteiger partial charge in [0.15, 0.2) is 0 Å². The first-order valence-electron chi connectivity index (χ1n) is 2.39. The van der Waals surface area contributed by atoms with Gasteiger partial charge in [0.1, 0.15) is 12.2 Å². The van der Waals surface area contributed by atoms with Crippen LogP contribution in [0.4, 0.5) is 0 Å². The quantitative estimate of drug-likeness (QED) is 0.474. The number of rotatable bonds is 0. The largest absolute Gasteiger partial charge is 0.386 e. The Kier molecular flexibility index (Phi) is 1.46. The summed E-state index contributed by atoms with van der Waals surface area (Å²) >= 11 is 0. The Balaban J connectivity index is 2.59. The monoisotopic (exact) mass is 111 g/mol. The number of allylic oxidation sites excluding steroid dienone is 2. The molecule has 1 aliphatic rings. The molecule has 2 nitrogen and oxygen atoms in total. The summed E-state index contributed by atoms with van der Waals surface area (Å²) < 4.78 is 0. The zero-order valence-electron chi connectivity index (χ0n) is 4.28. The van der Waals surface area contributed by atoms with E-state index in [0.29, 0.717) is 0 Å². The van der Waals surface area contributed by atoms with Gasteiger partial charge in [0, 0.05) is 0 Å². The smallest absolute Gasteiger partial charge is 0.147 e. The highest BCUT2D eigenvalue weighted by Gasteiger charge is 2.11. The van der Waals surface area contributed by atoms with Crippen LogP contribution in [-0.2, 0) is 0 Å². The van der Waals surface area contributed by atoms with Crippen molar-refractivity contribution in [1.29, 1.82) is 0 Å². The molecular weight excluding hydrogens is 104 g/mol. The predicted octanol–water partition coefficient (Wildman–Crippen LogP) is 0.378. The van der Waals surface area contributed by atoms with Crippen molar-refractivity contribution in [3.8, 4) is 0 Å². The van der Waals surface area contributed by atoms with Crippen molar-refractivity contribution < 1.29 is 10.2 Å². The zero-order valence-corrected chi connectivity index (χ0v) is 4.28.